The molecule has 1 atom stereocenters. The van der Waals surface area contributed by atoms with Gasteiger partial charge in [-0.3, -0.25) is 4.79 Å². The molecular formula is C20H30FN3O3. The van der Waals surface area contributed by atoms with E-state index in [1.807, 2.05) is 6.92 Å². The predicted molar refractivity (Wildman–Crippen MR) is 102 cm³/mol. The van der Waals surface area contributed by atoms with Crippen LogP contribution in [0.15, 0.2) is 6.07 Å². The van der Waals surface area contributed by atoms with E-state index >= 15 is 0 Å². The molecule has 2 rings (SSSR count). The lowest BCUT2D eigenvalue weighted by Crippen LogP contribution is -2.42. The van der Waals surface area contributed by atoms with E-state index in [1.165, 1.54) is 19.3 Å². The minimum Gasteiger partial charge on any atom is -0.462 e. The van der Waals surface area contributed by atoms with E-state index in [4.69, 9.17) is 4.74 Å². The van der Waals surface area contributed by atoms with Crippen LogP contribution >= 0.6 is 0 Å². The smallest absolute Gasteiger partial charge is 0.340 e. The number of amides is 1. The van der Waals surface area contributed by atoms with E-state index in [0.717, 1.165) is 18.9 Å². The fourth-order valence-corrected chi connectivity index (χ4v) is 3.37. The van der Waals surface area contributed by atoms with Gasteiger partial charge in [-0.05, 0) is 45.1 Å². The summed E-state index contributed by atoms with van der Waals surface area (Å²) in [5, 5.41) is 5.85. The molecule has 1 saturated carbocycles. The highest BCUT2D eigenvalue weighted by molar-refractivity contribution is 5.91. The molecular weight excluding hydrogens is 349 g/mol. The Kier molecular flexibility index (Phi) is 8.00. The molecule has 1 aromatic heterocycles. The van der Waals surface area contributed by atoms with Crippen molar-refractivity contribution in [1.29, 1.82) is 0 Å². The third kappa shape index (κ3) is 5.91. The van der Waals surface area contributed by atoms with Crippen molar-refractivity contribution in [2.45, 2.75) is 65.3 Å². The molecule has 1 fully saturated rings. The number of carbonyl (C=O) groups excluding carboxylic acids is 2. The lowest BCUT2D eigenvalue weighted by Gasteiger charge is -2.24. The van der Waals surface area contributed by atoms with Crippen molar-refractivity contribution in [2.75, 3.05) is 18.5 Å². The van der Waals surface area contributed by atoms with Crippen molar-refractivity contribution >= 4 is 17.7 Å². The zero-order valence-electron chi connectivity index (χ0n) is 16.4. The molecule has 0 spiro atoms. The number of hydrogen-bond acceptors (Lipinski definition) is 5. The zero-order chi connectivity index (χ0) is 19.8. The fourth-order valence-electron chi connectivity index (χ4n) is 3.37. The maximum atomic E-state index is 14.4. The normalized spacial score (nSPS) is 15.9. The van der Waals surface area contributed by atoms with E-state index in [9.17, 15) is 14.0 Å². The highest BCUT2D eigenvalue weighted by Gasteiger charge is 2.22. The summed E-state index contributed by atoms with van der Waals surface area (Å²) < 4.78 is 19.3. The van der Waals surface area contributed by atoms with Crippen LogP contribution in [-0.4, -0.2) is 36.1 Å². The van der Waals surface area contributed by atoms with Gasteiger partial charge in [0.05, 0.1) is 17.9 Å². The van der Waals surface area contributed by atoms with Gasteiger partial charge >= 0.3 is 5.97 Å². The second kappa shape index (κ2) is 10.2. The number of ether oxygens (including phenoxy) is 1. The molecule has 0 aliphatic heterocycles. The molecule has 1 amide bonds. The first-order valence-corrected chi connectivity index (χ1v) is 9.84. The summed E-state index contributed by atoms with van der Waals surface area (Å²) in [7, 11) is 0. The van der Waals surface area contributed by atoms with E-state index < -0.39 is 17.8 Å². The van der Waals surface area contributed by atoms with Gasteiger partial charge in [-0.25, -0.2) is 14.2 Å². The Bertz CT molecular complexity index is 660. The number of aryl methyl sites for hydroxylation is 1. The number of nitrogens with one attached hydrogen (secondary N) is 2. The summed E-state index contributed by atoms with van der Waals surface area (Å²) in [6, 6.07) is 0.526. The highest BCUT2D eigenvalue weighted by Crippen LogP contribution is 2.23. The van der Waals surface area contributed by atoms with E-state index in [0.29, 0.717) is 24.6 Å². The summed E-state index contributed by atoms with van der Waals surface area (Å²) in [5.74, 6) is -0.940. The molecule has 0 saturated heterocycles. The van der Waals surface area contributed by atoms with Crippen LogP contribution in [0, 0.1) is 18.7 Å². The summed E-state index contributed by atoms with van der Waals surface area (Å²) in [6.07, 6.45) is 6.50. The van der Waals surface area contributed by atoms with Gasteiger partial charge in [-0.15, -0.1) is 0 Å². The molecule has 0 radical (unpaired) electrons. The Morgan fingerprint density at radius 2 is 2.00 bits per heavy atom. The lowest BCUT2D eigenvalue weighted by molar-refractivity contribution is -0.122. The van der Waals surface area contributed by atoms with Crippen LogP contribution in [0.3, 0.4) is 0 Å². The molecule has 1 aliphatic carbocycles. The molecule has 0 bridgehead atoms. The first-order valence-electron chi connectivity index (χ1n) is 9.84. The Morgan fingerprint density at radius 3 is 2.63 bits per heavy atom. The van der Waals surface area contributed by atoms with Crippen LogP contribution < -0.4 is 10.6 Å². The first-order chi connectivity index (χ1) is 13.0. The van der Waals surface area contributed by atoms with Crippen LogP contribution in [0.1, 0.15) is 68.4 Å². The van der Waals surface area contributed by atoms with Gasteiger partial charge in [0.2, 0.25) is 5.91 Å². The van der Waals surface area contributed by atoms with Crippen molar-refractivity contribution in [2.24, 2.45) is 5.92 Å². The minimum absolute atomic E-state index is 0.0276. The average molecular weight is 379 g/mol. The SMILES string of the molecule is CCOC(=O)c1cc(F)c(N[C@H](CC)C(=O)NCC2CCCCC2)nc1C. The highest BCUT2D eigenvalue weighted by atomic mass is 19.1. The topological polar surface area (TPSA) is 80.3 Å². The first kappa shape index (κ1) is 21.1. The minimum atomic E-state index is -0.679. The largest absolute Gasteiger partial charge is 0.462 e. The Hall–Kier alpha value is -2.18. The summed E-state index contributed by atoms with van der Waals surface area (Å²) in [6.45, 7) is 6.02. The monoisotopic (exact) mass is 379 g/mol. The van der Waals surface area contributed by atoms with Crippen LogP contribution in [0.4, 0.5) is 10.2 Å². The average Bonchev–Trinajstić information content (AvgIpc) is 2.67. The van der Waals surface area contributed by atoms with Gasteiger partial charge in [-0.1, -0.05) is 26.2 Å². The lowest BCUT2D eigenvalue weighted by atomic mass is 9.89. The number of carbonyl (C=O) groups is 2. The standard InChI is InChI=1S/C20H30FN3O3/c1-4-17(19(25)22-12-14-9-7-6-8-10-14)24-18-16(21)11-15(13(3)23-18)20(26)27-5-2/h11,14,17H,4-10,12H2,1-3H3,(H,22,25)(H,23,24)/t17-/m1/s1. The van der Waals surface area contributed by atoms with E-state index in [-0.39, 0.29) is 23.9 Å². The number of rotatable bonds is 8. The fraction of sp³-hybridized carbons (Fsp3) is 0.650. The summed E-state index contributed by atoms with van der Waals surface area (Å²) >= 11 is 0. The third-order valence-electron chi connectivity index (χ3n) is 4.99. The Labute approximate surface area is 160 Å². The van der Waals surface area contributed by atoms with Gasteiger partial charge in [-0.2, -0.15) is 0 Å². The molecule has 6 nitrogen and oxygen atoms in total. The Balaban J connectivity index is 2.00. The van der Waals surface area contributed by atoms with Crippen molar-refractivity contribution < 1.29 is 18.7 Å². The number of nitrogens with zero attached hydrogens (tertiary/aromatic N) is 1. The predicted octanol–water partition coefficient (Wildman–Crippen LogP) is 3.59. The number of aromatic nitrogens is 1. The van der Waals surface area contributed by atoms with Crippen LogP contribution in [-0.2, 0) is 9.53 Å². The van der Waals surface area contributed by atoms with Gasteiger partial charge in [0.1, 0.15) is 6.04 Å². The van der Waals surface area contributed by atoms with Crippen LogP contribution in [0.5, 0.6) is 0 Å². The van der Waals surface area contributed by atoms with E-state index in [1.54, 1.807) is 13.8 Å². The van der Waals surface area contributed by atoms with Gasteiger partial charge in [0.25, 0.3) is 0 Å². The number of halogens is 1. The molecule has 1 aliphatic rings. The van der Waals surface area contributed by atoms with Crippen molar-refractivity contribution in [3.63, 3.8) is 0 Å². The van der Waals surface area contributed by atoms with Gasteiger partial charge in [0, 0.05) is 6.54 Å². The number of esters is 1. The number of hydrogen-bond donors (Lipinski definition) is 2. The maximum absolute atomic E-state index is 14.4. The molecule has 27 heavy (non-hydrogen) atoms. The van der Waals surface area contributed by atoms with Crippen molar-refractivity contribution in [3.05, 3.63) is 23.1 Å². The second-order valence-electron chi connectivity index (χ2n) is 7.03. The maximum Gasteiger partial charge on any atom is 0.340 e. The van der Waals surface area contributed by atoms with Crippen LogP contribution in [0.25, 0.3) is 0 Å². The third-order valence-corrected chi connectivity index (χ3v) is 4.99. The molecule has 1 aromatic rings. The molecule has 0 aromatic carbocycles. The number of anilines is 1. The summed E-state index contributed by atoms with van der Waals surface area (Å²) in [5.41, 5.74) is 0.449. The quantitative estimate of drug-likeness (QED) is 0.675. The van der Waals surface area contributed by atoms with Crippen molar-refractivity contribution in [3.8, 4) is 0 Å². The van der Waals surface area contributed by atoms with Gasteiger partial charge < -0.3 is 15.4 Å². The number of pyridine rings is 1. The molecule has 150 valence electrons. The molecule has 2 N–H and O–H groups in total. The summed E-state index contributed by atoms with van der Waals surface area (Å²) in [4.78, 5) is 28.4. The second-order valence-corrected chi connectivity index (χ2v) is 7.03. The molecule has 7 heteroatoms. The Morgan fingerprint density at radius 1 is 1.30 bits per heavy atom. The van der Waals surface area contributed by atoms with Crippen LogP contribution in [0.2, 0.25) is 0 Å². The van der Waals surface area contributed by atoms with Gasteiger partial charge in [0.15, 0.2) is 11.6 Å². The zero-order valence-corrected chi connectivity index (χ0v) is 16.4. The van der Waals surface area contributed by atoms with Crippen molar-refractivity contribution in [1.82, 2.24) is 10.3 Å². The van der Waals surface area contributed by atoms with E-state index in [2.05, 4.69) is 15.6 Å². The molecule has 0 unspecified atom stereocenters. The molecule has 1 heterocycles.